The van der Waals surface area contributed by atoms with E-state index in [4.69, 9.17) is 11.6 Å². The van der Waals surface area contributed by atoms with Crippen molar-refractivity contribution in [2.45, 2.75) is 18.0 Å². The number of sulfone groups is 1. The molecule has 0 heterocycles. The van der Waals surface area contributed by atoms with Crippen LogP contribution >= 0.6 is 11.6 Å². The van der Waals surface area contributed by atoms with Gasteiger partial charge in [0.1, 0.15) is 0 Å². The van der Waals surface area contributed by atoms with Crippen LogP contribution in [-0.2, 0) is 16.0 Å². The third-order valence-electron chi connectivity index (χ3n) is 1.98. The number of hydrogen-bond acceptors (Lipinski definition) is 2. The maximum atomic E-state index is 12.4. The summed E-state index contributed by atoms with van der Waals surface area (Å²) in [7, 11) is -3.66. The second-order valence-electron chi connectivity index (χ2n) is 3.04. The number of hydrogen-bond donors (Lipinski definition) is 0. The van der Waals surface area contributed by atoms with Crippen molar-refractivity contribution in [3.63, 3.8) is 0 Å². The SMILES string of the molecule is CCS(=O)(=O)c1ccc(Cl)c(C(F)(F)F)c1. The molecule has 0 fully saturated rings. The first-order chi connectivity index (χ1) is 7.18. The zero-order chi connectivity index (χ0) is 12.6. The van der Waals surface area contributed by atoms with Gasteiger partial charge in [-0.05, 0) is 18.2 Å². The Morgan fingerprint density at radius 2 is 1.88 bits per heavy atom. The van der Waals surface area contributed by atoms with E-state index in [1.54, 1.807) is 0 Å². The zero-order valence-electron chi connectivity index (χ0n) is 8.18. The lowest BCUT2D eigenvalue weighted by Gasteiger charge is -2.10. The lowest BCUT2D eigenvalue weighted by molar-refractivity contribution is -0.137. The van der Waals surface area contributed by atoms with Crippen LogP contribution in [0.3, 0.4) is 0 Å². The van der Waals surface area contributed by atoms with Gasteiger partial charge in [0.05, 0.1) is 21.2 Å². The Kier molecular flexibility index (Phi) is 3.54. The third-order valence-corrected chi connectivity index (χ3v) is 4.04. The molecule has 0 aliphatic rings. The number of alkyl halides is 3. The summed E-state index contributed by atoms with van der Waals surface area (Å²) in [6, 6.07) is 2.56. The Morgan fingerprint density at radius 3 is 2.31 bits per heavy atom. The predicted molar refractivity (Wildman–Crippen MR) is 54.2 cm³/mol. The molecule has 0 unspecified atom stereocenters. The van der Waals surface area contributed by atoms with Crippen molar-refractivity contribution in [3.05, 3.63) is 28.8 Å². The average molecular weight is 273 g/mol. The van der Waals surface area contributed by atoms with Gasteiger partial charge < -0.3 is 0 Å². The Labute approximate surface area is 96.0 Å². The average Bonchev–Trinajstić information content (AvgIpc) is 2.16. The van der Waals surface area contributed by atoms with Gasteiger partial charge >= 0.3 is 6.18 Å². The van der Waals surface area contributed by atoms with Gasteiger partial charge in [-0.2, -0.15) is 13.2 Å². The van der Waals surface area contributed by atoms with Gasteiger partial charge in [0.25, 0.3) is 0 Å². The van der Waals surface area contributed by atoms with E-state index in [1.807, 2.05) is 0 Å². The largest absolute Gasteiger partial charge is 0.417 e. The first-order valence-electron chi connectivity index (χ1n) is 4.28. The van der Waals surface area contributed by atoms with Crippen molar-refractivity contribution < 1.29 is 21.6 Å². The molecule has 0 radical (unpaired) electrons. The van der Waals surface area contributed by atoms with E-state index in [9.17, 15) is 21.6 Å². The second kappa shape index (κ2) is 4.25. The van der Waals surface area contributed by atoms with Crippen LogP contribution in [0.2, 0.25) is 5.02 Å². The van der Waals surface area contributed by atoms with Gasteiger partial charge in [0, 0.05) is 0 Å². The first-order valence-corrected chi connectivity index (χ1v) is 6.31. The summed E-state index contributed by atoms with van der Waals surface area (Å²) in [5.74, 6) is -0.258. The molecule has 16 heavy (non-hydrogen) atoms. The molecule has 90 valence electrons. The molecule has 0 saturated heterocycles. The highest BCUT2D eigenvalue weighted by Gasteiger charge is 2.34. The zero-order valence-corrected chi connectivity index (χ0v) is 9.75. The molecular weight excluding hydrogens is 265 g/mol. The summed E-state index contributed by atoms with van der Waals surface area (Å²) >= 11 is 5.36. The Hall–Kier alpha value is -0.750. The summed E-state index contributed by atoms with van der Waals surface area (Å²) in [5.41, 5.74) is -1.14. The van der Waals surface area contributed by atoms with Gasteiger partial charge in [0.15, 0.2) is 9.84 Å². The molecule has 0 aromatic heterocycles. The summed E-state index contributed by atoms with van der Waals surface area (Å²) in [6.45, 7) is 1.36. The standard InChI is InChI=1S/C9H8ClF3O2S/c1-2-16(14,15)6-3-4-8(10)7(5-6)9(11,12)13/h3-5H,2H2,1H3. The summed E-state index contributed by atoms with van der Waals surface area (Å²) < 4.78 is 60.1. The number of rotatable bonds is 2. The highest BCUT2D eigenvalue weighted by molar-refractivity contribution is 7.91. The molecule has 0 aliphatic heterocycles. The fourth-order valence-electron chi connectivity index (χ4n) is 1.08. The first kappa shape index (κ1) is 13.3. The summed E-state index contributed by atoms with van der Waals surface area (Å²) in [4.78, 5) is -0.369. The van der Waals surface area contributed by atoms with Crippen LogP contribution in [0.25, 0.3) is 0 Å². The molecule has 1 rings (SSSR count). The molecular formula is C9H8ClF3O2S. The van der Waals surface area contributed by atoms with Crippen LogP contribution in [-0.4, -0.2) is 14.2 Å². The molecule has 1 aromatic rings. The van der Waals surface area contributed by atoms with Crippen LogP contribution in [0.1, 0.15) is 12.5 Å². The van der Waals surface area contributed by atoms with E-state index in [1.165, 1.54) is 6.92 Å². The molecule has 2 nitrogen and oxygen atoms in total. The van der Waals surface area contributed by atoms with Crippen molar-refractivity contribution >= 4 is 21.4 Å². The van der Waals surface area contributed by atoms with Crippen LogP contribution < -0.4 is 0 Å². The molecule has 0 N–H and O–H groups in total. The molecule has 0 bridgehead atoms. The van der Waals surface area contributed by atoms with Crippen molar-refractivity contribution in [2.24, 2.45) is 0 Å². The highest BCUT2D eigenvalue weighted by atomic mass is 35.5. The van der Waals surface area contributed by atoms with Gasteiger partial charge in [-0.1, -0.05) is 18.5 Å². The lowest BCUT2D eigenvalue weighted by atomic mass is 10.2. The number of benzene rings is 1. The van der Waals surface area contributed by atoms with Gasteiger partial charge in [-0.3, -0.25) is 0 Å². The highest BCUT2D eigenvalue weighted by Crippen LogP contribution is 2.35. The van der Waals surface area contributed by atoms with E-state index in [-0.39, 0.29) is 10.6 Å². The fraction of sp³-hybridized carbons (Fsp3) is 0.333. The van der Waals surface area contributed by atoms with Crippen LogP contribution in [0.4, 0.5) is 13.2 Å². The smallest absolute Gasteiger partial charge is 0.224 e. The Morgan fingerprint density at radius 1 is 1.31 bits per heavy atom. The maximum absolute atomic E-state index is 12.4. The predicted octanol–water partition coefficient (Wildman–Crippen LogP) is 3.15. The van der Waals surface area contributed by atoms with Gasteiger partial charge in [-0.15, -0.1) is 0 Å². The van der Waals surface area contributed by atoms with Crippen molar-refractivity contribution in [1.29, 1.82) is 0 Å². The molecule has 7 heteroatoms. The third kappa shape index (κ3) is 2.68. The van der Waals surface area contributed by atoms with Crippen LogP contribution in [0, 0.1) is 0 Å². The van der Waals surface area contributed by atoms with E-state index >= 15 is 0 Å². The summed E-state index contributed by atoms with van der Waals surface area (Å²) in [5, 5.41) is -0.512. The second-order valence-corrected chi connectivity index (χ2v) is 5.73. The topological polar surface area (TPSA) is 34.1 Å². The quantitative estimate of drug-likeness (QED) is 0.829. The maximum Gasteiger partial charge on any atom is 0.417 e. The molecule has 0 aliphatic carbocycles. The van der Waals surface area contributed by atoms with Gasteiger partial charge in [0.2, 0.25) is 0 Å². The minimum Gasteiger partial charge on any atom is -0.224 e. The van der Waals surface area contributed by atoms with Crippen LogP contribution in [0.15, 0.2) is 23.1 Å². The molecule has 1 aromatic carbocycles. The van der Waals surface area contributed by atoms with E-state index < -0.39 is 26.6 Å². The fourth-order valence-corrected chi connectivity index (χ4v) is 2.21. The minimum atomic E-state index is -4.66. The van der Waals surface area contributed by atoms with Crippen molar-refractivity contribution in [2.75, 3.05) is 5.75 Å². The lowest BCUT2D eigenvalue weighted by Crippen LogP contribution is -2.09. The van der Waals surface area contributed by atoms with Crippen molar-refractivity contribution in [3.8, 4) is 0 Å². The van der Waals surface area contributed by atoms with E-state index in [0.717, 1.165) is 12.1 Å². The Bertz CT molecular complexity index is 494. The van der Waals surface area contributed by atoms with E-state index in [2.05, 4.69) is 0 Å². The Balaban J connectivity index is 3.40. The molecule has 0 saturated carbocycles. The number of halogens is 4. The molecule has 0 amide bonds. The monoisotopic (exact) mass is 272 g/mol. The normalized spacial score (nSPS) is 12.8. The van der Waals surface area contributed by atoms with Crippen LogP contribution in [0.5, 0.6) is 0 Å². The summed E-state index contributed by atoms with van der Waals surface area (Å²) in [6.07, 6.45) is -4.66. The van der Waals surface area contributed by atoms with Gasteiger partial charge in [-0.25, -0.2) is 8.42 Å². The molecule has 0 atom stereocenters. The minimum absolute atomic E-state index is 0.258. The van der Waals surface area contributed by atoms with E-state index in [0.29, 0.717) is 6.07 Å². The molecule has 0 spiro atoms. The van der Waals surface area contributed by atoms with Crippen molar-refractivity contribution in [1.82, 2.24) is 0 Å².